The SMILES string of the molecule is C[S+]([O-])c1ccc(-c2cccn3nc(Nc4ccc(C(=O)CO)cc4)nc23)cc1. The zero-order valence-electron chi connectivity index (χ0n) is 15.6. The number of ketones is 1. The zero-order chi connectivity index (χ0) is 20.4. The number of carbonyl (C=O) groups is 1. The molecule has 0 bridgehead atoms. The van der Waals surface area contributed by atoms with Gasteiger partial charge in [-0.15, -0.1) is 5.10 Å². The number of fused-ring (bicyclic) bond motifs is 1. The van der Waals surface area contributed by atoms with E-state index >= 15 is 0 Å². The Kier molecular flexibility index (Phi) is 5.30. The standard InChI is InChI=1S/C21H18N4O3S/c1-29(28)17-10-6-14(7-11-17)18-3-2-12-25-20(18)23-21(24-25)22-16-8-4-15(5-9-16)19(27)13-26/h2-12,26H,13H2,1H3,(H,22,24). The van der Waals surface area contributed by atoms with Crippen molar-refractivity contribution >= 4 is 34.2 Å². The summed E-state index contributed by atoms with van der Waals surface area (Å²) in [6, 6.07) is 18.1. The summed E-state index contributed by atoms with van der Waals surface area (Å²) in [5.41, 5.74) is 3.72. The van der Waals surface area contributed by atoms with Crippen molar-refractivity contribution < 1.29 is 14.5 Å². The number of aromatic nitrogens is 3. The molecule has 0 aliphatic heterocycles. The van der Waals surface area contributed by atoms with Gasteiger partial charge in [-0.25, -0.2) is 4.52 Å². The van der Waals surface area contributed by atoms with Gasteiger partial charge in [-0.05, 0) is 77.4 Å². The zero-order valence-corrected chi connectivity index (χ0v) is 16.4. The van der Waals surface area contributed by atoms with Crippen LogP contribution in [0.25, 0.3) is 16.8 Å². The van der Waals surface area contributed by atoms with Crippen molar-refractivity contribution in [1.82, 2.24) is 14.6 Å². The van der Waals surface area contributed by atoms with Gasteiger partial charge in [0.25, 0.3) is 0 Å². The first-order valence-electron chi connectivity index (χ1n) is 8.85. The van der Waals surface area contributed by atoms with Crippen LogP contribution in [0, 0.1) is 0 Å². The van der Waals surface area contributed by atoms with Crippen LogP contribution in [0.4, 0.5) is 11.6 Å². The molecular weight excluding hydrogens is 388 g/mol. The third-order valence-electron chi connectivity index (χ3n) is 4.47. The van der Waals surface area contributed by atoms with E-state index in [1.54, 1.807) is 35.0 Å². The highest BCUT2D eigenvalue weighted by molar-refractivity contribution is 7.90. The molecule has 0 amide bonds. The van der Waals surface area contributed by atoms with Gasteiger partial charge in [-0.3, -0.25) is 4.79 Å². The maximum atomic E-state index is 11.6. The van der Waals surface area contributed by atoms with Crippen molar-refractivity contribution in [3.05, 3.63) is 72.4 Å². The van der Waals surface area contributed by atoms with Gasteiger partial charge in [0.05, 0.1) is 0 Å². The van der Waals surface area contributed by atoms with E-state index < -0.39 is 17.8 Å². The predicted octanol–water partition coefficient (Wildman–Crippen LogP) is 3.05. The van der Waals surface area contributed by atoms with E-state index in [1.165, 1.54) is 0 Å². The molecule has 8 heteroatoms. The smallest absolute Gasteiger partial charge is 0.247 e. The Morgan fingerprint density at radius 3 is 2.52 bits per heavy atom. The Morgan fingerprint density at radius 1 is 1.14 bits per heavy atom. The molecule has 0 saturated carbocycles. The molecule has 2 N–H and O–H groups in total. The highest BCUT2D eigenvalue weighted by atomic mass is 32.2. The van der Waals surface area contributed by atoms with Crippen LogP contribution in [0.15, 0.2) is 71.8 Å². The molecule has 0 saturated heterocycles. The van der Waals surface area contributed by atoms with E-state index in [0.717, 1.165) is 21.7 Å². The van der Waals surface area contributed by atoms with E-state index in [9.17, 15) is 9.35 Å². The maximum absolute atomic E-state index is 11.6. The molecule has 0 aliphatic rings. The number of pyridine rings is 1. The van der Waals surface area contributed by atoms with Gasteiger partial charge >= 0.3 is 0 Å². The number of hydrogen-bond acceptors (Lipinski definition) is 6. The van der Waals surface area contributed by atoms with E-state index in [2.05, 4.69) is 15.4 Å². The number of anilines is 2. The first-order valence-corrected chi connectivity index (χ1v) is 10.4. The van der Waals surface area contributed by atoms with Crippen molar-refractivity contribution in [3.63, 3.8) is 0 Å². The summed E-state index contributed by atoms with van der Waals surface area (Å²) >= 11 is -1.02. The van der Waals surface area contributed by atoms with Crippen LogP contribution in [0.1, 0.15) is 10.4 Å². The number of nitrogens with one attached hydrogen (secondary N) is 1. The first-order chi connectivity index (χ1) is 14.0. The van der Waals surface area contributed by atoms with Crippen LogP contribution in [0.5, 0.6) is 0 Å². The molecule has 2 aromatic carbocycles. The number of aliphatic hydroxyl groups excluding tert-OH is 1. The summed E-state index contributed by atoms with van der Waals surface area (Å²) in [7, 11) is 0. The number of hydrogen-bond donors (Lipinski definition) is 2. The number of Topliss-reactive ketones (excluding diaryl/α,β-unsaturated/α-hetero) is 1. The van der Waals surface area contributed by atoms with Crippen molar-refractivity contribution in [2.24, 2.45) is 0 Å². The average Bonchev–Trinajstić information content (AvgIpc) is 3.16. The molecule has 146 valence electrons. The molecule has 1 atom stereocenters. The highest BCUT2D eigenvalue weighted by Gasteiger charge is 2.12. The molecular formula is C21H18N4O3S. The Labute approximate surface area is 170 Å². The molecule has 4 aromatic rings. The lowest BCUT2D eigenvalue weighted by Crippen LogP contribution is -2.04. The molecule has 0 spiro atoms. The molecule has 0 aliphatic carbocycles. The number of benzene rings is 2. The monoisotopic (exact) mass is 406 g/mol. The summed E-state index contributed by atoms with van der Waals surface area (Å²) in [5.74, 6) is 0.0925. The molecule has 2 aromatic heterocycles. The van der Waals surface area contributed by atoms with Gasteiger partial charge < -0.3 is 15.0 Å². The highest BCUT2D eigenvalue weighted by Crippen LogP contribution is 2.26. The second-order valence-electron chi connectivity index (χ2n) is 6.39. The summed E-state index contributed by atoms with van der Waals surface area (Å²) in [5, 5.41) is 16.5. The van der Waals surface area contributed by atoms with Gasteiger partial charge in [0.15, 0.2) is 16.3 Å². The fourth-order valence-corrected chi connectivity index (χ4v) is 3.49. The van der Waals surface area contributed by atoms with Crippen LogP contribution in [0.3, 0.4) is 0 Å². The maximum Gasteiger partial charge on any atom is 0.247 e. The van der Waals surface area contributed by atoms with Gasteiger partial charge in [0, 0.05) is 23.0 Å². The minimum absolute atomic E-state index is 0.329. The number of nitrogens with zero attached hydrogens (tertiary/aromatic N) is 3. The minimum Gasteiger partial charge on any atom is -0.612 e. The fraction of sp³-hybridized carbons (Fsp3) is 0.0952. The van der Waals surface area contributed by atoms with Crippen LogP contribution in [-0.2, 0) is 11.2 Å². The molecule has 29 heavy (non-hydrogen) atoms. The van der Waals surface area contributed by atoms with Gasteiger partial charge in [0.2, 0.25) is 5.95 Å². The third kappa shape index (κ3) is 4.00. The van der Waals surface area contributed by atoms with Crippen LogP contribution < -0.4 is 5.32 Å². The van der Waals surface area contributed by atoms with Crippen LogP contribution >= 0.6 is 0 Å². The largest absolute Gasteiger partial charge is 0.612 e. The molecule has 0 radical (unpaired) electrons. The van der Waals surface area contributed by atoms with E-state index in [-0.39, 0.29) is 5.78 Å². The Morgan fingerprint density at radius 2 is 1.86 bits per heavy atom. The topological polar surface area (TPSA) is 103 Å². The molecule has 2 heterocycles. The van der Waals surface area contributed by atoms with E-state index in [4.69, 9.17) is 5.11 Å². The number of carbonyl (C=O) groups excluding carboxylic acids is 1. The first kappa shape index (κ1) is 19.1. The quantitative estimate of drug-likeness (QED) is 0.377. The van der Waals surface area contributed by atoms with Gasteiger partial charge in [-0.1, -0.05) is 0 Å². The van der Waals surface area contributed by atoms with Crippen LogP contribution in [0.2, 0.25) is 0 Å². The van der Waals surface area contributed by atoms with Gasteiger partial charge in [-0.2, -0.15) is 4.98 Å². The normalized spacial score (nSPS) is 12.1. The molecule has 0 fully saturated rings. The lowest BCUT2D eigenvalue weighted by Gasteiger charge is -2.06. The van der Waals surface area contributed by atoms with Crippen molar-refractivity contribution in [2.45, 2.75) is 4.90 Å². The van der Waals surface area contributed by atoms with Gasteiger partial charge in [0.1, 0.15) is 12.9 Å². The third-order valence-corrected chi connectivity index (χ3v) is 5.40. The summed E-state index contributed by atoms with van der Waals surface area (Å²) < 4.78 is 13.3. The predicted molar refractivity (Wildman–Crippen MR) is 112 cm³/mol. The summed E-state index contributed by atoms with van der Waals surface area (Å²) in [4.78, 5) is 16.9. The van der Waals surface area contributed by atoms with Crippen molar-refractivity contribution in [2.75, 3.05) is 18.2 Å². The van der Waals surface area contributed by atoms with Crippen molar-refractivity contribution in [3.8, 4) is 11.1 Å². The van der Waals surface area contributed by atoms with E-state index in [0.29, 0.717) is 17.2 Å². The average molecular weight is 406 g/mol. The Bertz CT molecular complexity index is 1150. The fourth-order valence-electron chi connectivity index (χ4n) is 2.97. The number of rotatable bonds is 6. The minimum atomic E-state index is -1.02. The molecule has 4 rings (SSSR count). The summed E-state index contributed by atoms with van der Waals surface area (Å²) in [6.45, 7) is -0.515. The van der Waals surface area contributed by atoms with Crippen LogP contribution in [-0.4, -0.2) is 42.9 Å². The Hall–Kier alpha value is -3.20. The summed E-state index contributed by atoms with van der Waals surface area (Å²) in [6.07, 6.45) is 3.47. The lowest BCUT2D eigenvalue weighted by molar-refractivity contribution is 0.0904. The lowest BCUT2D eigenvalue weighted by atomic mass is 10.1. The van der Waals surface area contributed by atoms with Crippen molar-refractivity contribution in [1.29, 1.82) is 0 Å². The molecule has 7 nitrogen and oxygen atoms in total. The second kappa shape index (κ2) is 8.04. The molecule has 1 unspecified atom stereocenters. The van der Waals surface area contributed by atoms with E-state index in [1.807, 2.05) is 42.6 Å². The number of aliphatic hydroxyl groups is 1. The second-order valence-corrected chi connectivity index (χ2v) is 7.77. The Balaban J connectivity index is 1.63.